The highest BCUT2D eigenvalue weighted by atomic mass is 16.5. The Morgan fingerprint density at radius 1 is 1.13 bits per heavy atom. The first-order valence-electron chi connectivity index (χ1n) is 11.1. The van der Waals surface area contributed by atoms with Crippen LogP contribution in [0.15, 0.2) is 36.7 Å². The number of nitrogens with one attached hydrogen (secondary N) is 1. The van der Waals surface area contributed by atoms with E-state index in [1.54, 1.807) is 6.20 Å². The number of hydrogen-bond acceptors (Lipinski definition) is 7. The van der Waals surface area contributed by atoms with Crippen LogP contribution in [0.5, 0.6) is 5.88 Å². The van der Waals surface area contributed by atoms with E-state index in [4.69, 9.17) is 15.5 Å². The van der Waals surface area contributed by atoms with Crippen molar-refractivity contribution in [3.8, 4) is 28.4 Å². The van der Waals surface area contributed by atoms with Gasteiger partial charge in [0.05, 0.1) is 11.9 Å². The molecule has 8 heteroatoms. The molecule has 0 radical (unpaired) electrons. The van der Waals surface area contributed by atoms with E-state index in [2.05, 4.69) is 32.3 Å². The lowest BCUT2D eigenvalue weighted by Crippen LogP contribution is -2.66. The Hall–Kier alpha value is -3.00. The van der Waals surface area contributed by atoms with Crippen LogP contribution in [0.1, 0.15) is 38.5 Å². The maximum atomic E-state index is 6.28. The third-order valence-electron chi connectivity index (χ3n) is 7.32. The number of aromatic amines is 1. The molecule has 0 amide bonds. The third kappa shape index (κ3) is 3.08. The zero-order chi connectivity index (χ0) is 21.0. The normalized spacial score (nSPS) is 26.9. The fourth-order valence-corrected chi connectivity index (χ4v) is 5.39. The summed E-state index contributed by atoms with van der Waals surface area (Å²) in [6.07, 6.45) is 10.7. The molecule has 0 bridgehead atoms. The quantitative estimate of drug-likeness (QED) is 0.634. The molecule has 31 heavy (non-hydrogen) atoms. The smallest absolute Gasteiger partial charge is 0.222 e. The first-order chi connectivity index (χ1) is 15.1. The molecule has 0 saturated heterocycles. The summed E-state index contributed by atoms with van der Waals surface area (Å²) in [7, 11) is 2.13. The molecule has 8 nitrogen and oxygen atoms in total. The summed E-state index contributed by atoms with van der Waals surface area (Å²) in [6.45, 7) is 0. The van der Waals surface area contributed by atoms with E-state index in [1.165, 1.54) is 19.3 Å². The van der Waals surface area contributed by atoms with Gasteiger partial charge in [-0.25, -0.2) is 4.98 Å². The maximum absolute atomic E-state index is 6.28. The minimum Gasteiger partial charge on any atom is -0.474 e. The Labute approximate surface area is 181 Å². The van der Waals surface area contributed by atoms with Gasteiger partial charge in [-0.3, -0.25) is 5.10 Å². The largest absolute Gasteiger partial charge is 0.474 e. The SMILES string of the molecule is CN(c1ccc(-c2ccc(-c3cn[nH]c3)c(OC3CC3)n2)nn1)[C@@]12CCCC1C(N)C2. The molecule has 3 saturated carbocycles. The lowest BCUT2D eigenvalue weighted by molar-refractivity contribution is 0.121. The Bertz CT molecular complexity index is 1080. The fraction of sp³-hybridized carbons (Fsp3) is 0.478. The van der Waals surface area contributed by atoms with Crippen LogP contribution in [0.4, 0.5) is 5.82 Å². The van der Waals surface area contributed by atoms with Gasteiger partial charge in [-0.1, -0.05) is 6.42 Å². The van der Waals surface area contributed by atoms with E-state index in [0.717, 1.165) is 47.6 Å². The van der Waals surface area contributed by atoms with E-state index in [1.807, 2.05) is 30.5 Å². The molecule has 6 rings (SSSR count). The lowest BCUT2D eigenvalue weighted by Gasteiger charge is -2.55. The number of nitrogens with two attached hydrogens (primary N) is 1. The average molecular weight is 418 g/mol. The predicted molar refractivity (Wildman–Crippen MR) is 118 cm³/mol. The van der Waals surface area contributed by atoms with E-state index in [-0.39, 0.29) is 11.6 Å². The van der Waals surface area contributed by atoms with Crippen molar-refractivity contribution < 1.29 is 4.74 Å². The van der Waals surface area contributed by atoms with Crippen molar-refractivity contribution in [2.75, 3.05) is 11.9 Å². The van der Waals surface area contributed by atoms with Gasteiger partial charge in [0.15, 0.2) is 5.82 Å². The molecule has 3 N–H and O–H groups in total. The van der Waals surface area contributed by atoms with Gasteiger partial charge >= 0.3 is 0 Å². The van der Waals surface area contributed by atoms with Crippen LogP contribution in [-0.4, -0.2) is 50.1 Å². The van der Waals surface area contributed by atoms with Gasteiger partial charge in [0.2, 0.25) is 5.88 Å². The number of pyridine rings is 1. The molecule has 3 atom stereocenters. The molecule has 3 aliphatic carbocycles. The molecule has 160 valence electrons. The number of ether oxygens (including phenoxy) is 1. The number of fused-ring (bicyclic) bond motifs is 1. The van der Waals surface area contributed by atoms with Gasteiger partial charge in [-0.2, -0.15) is 5.10 Å². The van der Waals surface area contributed by atoms with Crippen molar-refractivity contribution in [2.24, 2.45) is 11.7 Å². The van der Waals surface area contributed by atoms with Crippen molar-refractivity contribution in [1.82, 2.24) is 25.4 Å². The van der Waals surface area contributed by atoms with Crippen LogP contribution >= 0.6 is 0 Å². The third-order valence-corrected chi connectivity index (χ3v) is 7.32. The van der Waals surface area contributed by atoms with Crippen LogP contribution in [-0.2, 0) is 0 Å². The fourth-order valence-electron chi connectivity index (χ4n) is 5.39. The number of aromatic nitrogens is 5. The second-order valence-corrected chi connectivity index (χ2v) is 9.16. The minimum absolute atomic E-state index is 0.158. The second kappa shape index (κ2) is 7.02. The monoisotopic (exact) mass is 417 g/mol. The van der Waals surface area contributed by atoms with Gasteiger partial charge in [0.25, 0.3) is 0 Å². The van der Waals surface area contributed by atoms with Crippen LogP contribution < -0.4 is 15.4 Å². The first-order valence-corrected chi connectivity index (χ1v) is 11.1. The lowest BCUT2D eigenvalue weighted by atomic mass is 9.64. The van der Waals surface area contributed by atoms with Gasteiger partial charge in [0.1, 0.15) is 11.8 Å². The van der Waals surface area contributed by atoms with Crippen molar-refractivity contribution in [2.45, 2.75) is 56.2 Å². The molecular weight excluding hydrogens is 390 g/mol. The average Bonchev–Trinajstić information content (AvgIpc) is 3.30. The van der Waals surface area contributed by atoms with E-state index < -0.39 is 0 Å². The molecule has 0 aliphatic heterocycles. The molecule has 3 aromatic rings. The van der Waals surface area contributed by atoms with E-state index in [9.17, 15) is 0 Å². The zero-order valence-corrected chi connectivity index (χ0v) is 17.7. The van der Waals surface area contributed by atoms with Crippen LogP contribution in [0.3, 0.4) is 0 Å². The predicted octanol–water partition coefficient (Wildman–Crippen LogP) is 3.18. The van der Waals surface area contributed by atoms with Gasteiger partial charge in [-0.05, 0) is 62.3 Å². The number of H-pyrrole nitrogens is 1. The highest BCUT2D eigenvalue weighted by Crippen LogP contribution is 2.53. The van der Waals surface area contributed by atoms with E-state index >= 15 is 0 Å². The Balaban J connectivity index is 1.28. The summed E-state index contributed by atoms with van der Waals surface area (Å²) in [6, 6.07) is 8.35. The highest BCUT2D eigenvalue weighted by molar-refractivity contribution is 5.70. The summed E-state index contributed by atoms with van der Waals surface area (Å²) < 4.78 is 6.09. The Kier molecular flexibility index (Phi) is 4.24. The molecule has 0 aromatic carbocycles. The topological polar surface area (TPSA) is 106 Å². The highest BCUT2D eigenvalue weighted by Gasteiger charge is 2.57. The van der Waals surface area contributed by atoms with Crippen LogP contribution in [0.2, 0.25) is 0 Å². The molecule has 3 aliphatic rings. The van der Waals surface area contributed by atoms with E-state index in [0.29, 0.717) is 17.8 Å². The number of hydrogen-bond donors (Lipinski definition) is 2. The minimum atomic E-state index is 0.158. The van der Waals surface area contributed by atoms with Gasteiger partial charge < -0.3 is 15.4 Å². The summed E-state index contributed by atoms with van der Waals surface area (Å²) >= 11 is 0. The Morgan fingerprint density at radius 2 is 2.00 bits per heavy atom. The number of nitrogens with zero attached hydrogens (tertiary/aromatic N) is 5. The first kappa shape index (κ1) is 18.7. The van der Waals surface area contributed by atoms with Crippen molar-refractivity contribution >= 4 is 5.82 Å². The van der Waals surface area contributed by atoms with Crippen molar-refractivity contribution in [3.05, 3.63) is 36.7 Å². The summed E-state index contributed by atoms with van der Waals surface area (Å²) in [5, 5.41) is 16.0. The number of anilines is 1. The summed E-state index contributed by atoms with van der Waals surface area (Å²) in [5.74, 6) is 2.09. The maximum Gasteiger partial charge on any atom is 0.222 e. The summed E-state index contributed by atoms with van der Waals surface area (Å²) in [4.78, 5) is 7.09. The Morgan fingerprint density at radius 3 is 2.71 bits per heavy atom. The van der Waals surface area contributed by atoms with Gasteiger partial charge in [0, 0.05) is 36.0 Å². The molecule has 3 aromatic heterocycles. The van der Waals surface area contributed by atoms with Crippen LogP contribution in [0.25, 0.3) is 22.5 Å². The molecule has 3 fully saturated rings. The molecule has 0 spiro atoms. The van der Waals surface area contributed by atoms with Crippen LogP contribution in [0, 0.1) is 5.92 Å². The zero-order valence-electron chi connectivity index (χ0n) is 17.7. The summed E-state index contributed by atoms with van der Waals surface area (Å²) in [5.41, 5.74) is 9.82. The number of rotatable bonds is 6. The molecular formula is C23H27N7O. The second-order valence-electron chi connectivity index (χ2n) is 9.16. The molecule has 2 unspecified atom stereocenters. The van der Waals surface area contributed by atoms with Crippen molar-refractivity contribution in [1.29, 1.82) is 0 Å². The molecule has 3 heterocycles. The standard InChI is InChI=1S/C23H27N7O/c1-30(23-10-2-3-17(23)18(24)11-23)21-9-8-20(28-29-21)19-7-6-16(14-12-25-26-13-14)22(27-19)31-15-4-5-15/h6-9,12-13,15,17-18H,2-5,10-11,24H2,1H3,(H,25,26)/t17?,18?,23-/m1/s1. The van der Waals surface area contributed by atoms with Gasteiger partial charge in [-0.15, -0.1) is 10.2 Å². The van der Waals surface area contributed by atoms with Crippen molar-refractivity contribution in [3.63, 3.8) is 0 Å².